The van der Waals surface area contributed by atoms with Crippen molar-refractivity contribution in [2.24, 2.45) is 0 Å². The highest BCUT2D eigenvalue weighted by atomic mass is 32.2. The summed E-state index contributed by atoms with van der Waals surface area (Å²) in [7, 11) is -2.29. The molecular formula is C13H12N2O4S. The van der Waals surface area contributed by atoms with E-state index in [1.807, 2.05) is 0 Å². The van der Waals surface area contributed by atoms with Crippen molar-refractivity contribution in [3.63, 3.8) is 0 Å². The first-order valence-corrected chi connectivity index (χ1v) is 7.15. The molecule has 104 valence electrons. The quantitative estimate of drug-likeness (QED) is 0.640. The maximum Gasteiger partial charge on any atom is 0.269 e. The third-order valence-electron chi connectivity index (χ3n) is 2.83. The third-order valence-corrected chi connectivity index (χ3v) is 4.63. The van der Waals surface area contributed by atoms with Gasteiger partial charge < -0.3 is 0 Å². The van der Waals surface area contributed by atoms with Crippen LogP contribution in [0.1, 0.15) is 0 Å². The van der Waals surface area contributed by atoms with Crippen LogP contribution in [0, 0.1) is 10.1 Å². The third kappa shape index (κ3) is 2.62. The fraction of sp³-hybridized carbons (Fsp3) is 0.0769. The summed E-state index contributed by atoms with van der Waals surface area (Å²) in [6.45, 7) is 0. The van der Waals surface area contributed by atoms with E-state index in [-0.39, 0.29) is 10.6 Å². The summed E-state index contributed by atoms with van der Waals surface area (Å²) in [4.78, 5) is 10.00. The topological polar surface area (TPSA) is 80.5 Å². The zero-order valence-corrected chi connectivity index (χ0v) is 11.4. The molecule has 0 saturated carbocycles. The van der Waals surface area contributed by atoms with Gasteiger partial charge in [-0.1, -0.05) is 18.2 Å². The van der Waals surface area contributed by atoms with Gasteiger partial charge in [-0.05, 0) is 24.3 Å². The second kappa shape index (κ2) is 5.30. The fourth-order valence-electron chi connectivity index (χ4n) is 1.67. The van der Waals surface area contributed by atoms with Crippen molar-refractivity contribution in [2.45, 2.75) is 4.90 Å². The molecule has 0 atom stereocenters. The number of nitro groups is 1. The molecule has 0 spiro atoms. The van der Waals surface area contributed by atoms with Crippen molar-refractivity contribution in [2.75, 3.05) is 11.4 Å². The van der Waals surface area contributed by atoms with Gasteiger partial charge in [0.25, 0.3) is 15.7 Å². The first-order chi connectivity index (χ1) is 9.43. The van der Waals surface area contributed by atoms with E-state index >= 15 is 0 Å². The molecule has 0 saturated heterocycles. The van der Waals surface area contributed by atoms with Gasteiger partial charge in [0, 0.05) is 19.2 Å². The fourth-order valence-corrected chi connectivity index (χ4v) is 2.87. The lowest BCUT2D eigenvalue weighted by Crippen LogP contribution is -2.26. The van der Waals surface area contributed by atoms with Crippen LogP contribution in [0.25, 0.3) is 0 Å². The number of anilines is 1. The molecule has 0 unspecified atom stereocenters. The van der Waals surface area contributed by atoms with Crippen molar-refractivity contribution in [1.82, 2.24) is 0 Å². The molecule has 2 aromatic carbocycles. The lowest BCUT2D eigenvalue weighted by atomic mass is 10.3. The lowest BCUT2D eigenvalue weighted by Gasteiger charge is -2.19. The molecule has 7 heteroatoms. The second-order valence-electron chi connectivity index (χ2n) is 4.06. The number of benzene rings is 2. The number of hydrogen-bond donors (Lipinski definition) is 0. The van der Waals surface area contributed by atoms with E-state index in [9.17, 15) is 18.5 Å². The molecule has 6 nitrogen and oxygen atoms in total. The number of sulfonamides is 1. The highest BCUT2D eigenvalue weighted by Gasteiger charge is 2.21. The van der Waals surface area contributed by atoms with Crippen LogP contribution in [0.3, 0.4) is 0 Å². The van der Waals surface area contributed by atoms with Gasteiger partial charge in [0.1, 0.15) is 0 Å². The minimum Gasteiger partial charge on any atom is -0.269 e. The van der Waals surface area contributed by atoms with Crippen molar-refractivity contribution in [1.29, 1.82) is 0 Å². The molecule has 0 aliphatic heterocycles. The predicted molar refractivity (Wildman–Crippen MR) is 75.1 cm³/mol. The Kier molecular flexibility index (Phi) is 3.71. The van der Waals surface area contributed by atoms with E-state index in [1.165, 1.54) is 31.3 Å². The number of rotatable bonds is 4. The Balaban J connectivity index is 2.37. The predicted octanol–water partition coefficient (Wildman–Crippen LogP) is 2.42. The van der Waals surface area contributed by atoms with Gasteiger partial charge in [0.15, 0.2) is 0 Å². The molecule has 0 radical (unpaired) electrons. The Morgan fingerprint density at radius 2 is 1.55 bits per heavy atom. The molecule has 0 bridgehead atoms. The number of nitrogens with zero attached hydrogens (tertiary/aromatic N) is 2. The van der Waals surface area contributed by atoms with Crippen LogP contribution in [0.5, 0.6) is 0 Å². The zero-order valence-electron chi connectivity index (χ0n) is 10.6. The van der Waals surface area contributed by atoms with Gasteiger partial charge in [-0.2, -0.15) is 0 Å². The summed E-state index contributed by atoms with van der Waals surface area (Å²) >= 11 is 0. The average Bonchev–Trinajstić information content (AvgIpc) is 2.47. The number of non-ortho nitro benzene ring substituents is 1. The number of para-hydroxylation sites is 1. The molecule has 20 heavy (non-hydrogen) atoms. The van der Waals surface area contributed by atoms with E-state index in [2.05, 4.69) is 0 Å². The monoisotopic (exact) mass is 292 g/mol. The lowest BCUT2D eigenvalue weighted by molar-refractivity contribution is -0.384. The highest BCUT2D eigenvalue weighted by molar-refractivity contribution is 7.92. The first-order valence-electron chi connectivity index (χ1n) is 5.71. The van der Waals surface area contributed by atoms with E-state index in [4.69, 9.17) is 0 Å². The van der Waals surface area contributed by atoms with Gasteiger partial charge in [-0.15, -0.1) is 0 Å². The van der Waals surface area contributed by atoms with Gasteiger partial charge >= 0.3 is 0 Å². The van der Waals surface area contributed by atoms with Gasteiger partial charge in [-0.25, -0.2) is 8.42 Å². The van der Waals surface area contributed by atoms with E-state index in [1.54, 1.807) is 30.3 Å². The molecule has 2 aromatic rings. The largest absolute Gasteiger partial charge is 0.269 e. The van der Waals surface area contributed by atoms with Crippen LogP contribution in [0.2, 0.25) is 0 Å². The minimum atomic E-state index is -3.72. The Bertz CT molecular complexity index is 712. The van der Waals surface area contributed by atoms with Crippen molar-refractivity contribution < 1.29 is 13.3 Å². The van der Waals surface area contributed by atoms with Gasteiger partial charge in [-0.3, -0.25) is 14.4 Å². The van der Waals surface area contributed by atoms with Gasteiger partial charge in [0.2, 0.25) is 0 Å². The maximum absolute atomic E-state index is 12.4. The van der Waals surface area contributed by atoms with Gasteiger partial charge in [0.05, 0.1) is 15.5 Å². The number of nitro benzene ring substituents is 1. The second-order valence-corrected chi connectivity index (χ2v) is 6.03. The molecule has 0 amide bonds. The molecule has 0 aromatic heterocycles. The molecule has 2 rings (SSSR count). The summed E-state index contributed by atoms with van der Waals surface area (Å²) in [6, 6.07) is 13.4. The Hall–Kier alpha value is -2.41. The summed E-state index contributed by atoms with van der Waals surface area (Å²) in [6.07, 6.45) is 0. The summed E-state index contributed by atoms with van der Waals surface area (Å²) in [5.41, 5.74) is 0.372. The first kappa shape index (κ1) is 14.0. The Labute approximate surface area is 116 Å². The average molecular weight is 292 g/mol. The van der Waals surface area contributed by atoms with E-state index in [0.29, 0.717) is 5.69 Å². The summed E-state index contributed by atoms with van der Waals surface area (Å²) < 4.78 is 25.9. The van der Waals surface area contributed by atoms with Crippen molar-refractivity contribution >= 4 is 21.4 Å². The molecule has 0 heterocycles. The van der Waals surface area contributed by atoms with E-state index < -0.39 is 14.9 Å². The molecular weight excluding hydrogens is 280 g/mol. The maximum atomic E-state index is 12.4. The molecule has 0 N–H and O–H groups in total. The summed E-state index contributed by atoms with van der Waals surface area (Å²) in [5, 5.41) is 10.6. The molecule has 0 fully saturated rings. The van der Waals surface area contributed by atoms with Crippen LogP contribution in [0.4, 0.5) is 11.4 Å². The van der Waals surface area contributed by atoms with Crippen molar-refractivity contribution in [3.8, 4) is 0 Å². The SMILES string of the molecule is CN(c1ccccc1)S(=O)(=O)c1ccc([N+](=O)[O-])cc1. The Morgan fingerprint density at radius 1 is 1.00 bits per heavy atom. The van der Waals surface area contributed by atoms with Crippen LogP contribution in [-0.4, -0.2) is 20.4 Å². The Morgan fingerprint density at radius 3 is 2.05 bits per heavy atom. The standard InChI is InChI=1S/C13H12N2O4S/c1-14(11-5-3-2-4-6-11)20(18,19)13-9-7-12(8-10-13)15(16)17/h2-10H,1H3. The molecule has 0 aliphatic carbocycles. The van der Waals surface area contributed by atoms with Crippen LogP contribution < -0.4 is 4.31 Å². The van der Waals surface area contributed by atoms with Crippen LogP contribution in [0.15, 0.2) is 59.5 Å². The normalized spacial score (nSPS) is 11.1. The van der Waals surface area contributed by atoms with Crippen LogP contribution in [-0.2, 0) is 10.0 Å². The van der Waals surface area contributed by atoms with Crippen LogP contribution >= 0.6 is 0 Å². The van der Waals surface area contributed by atoms with E-state index in [0.717, 1.165) is 4.31 Å². The minimum absolute atomic E-state index is 0.00875. The zero-order chi connectivity index (χ0) is 14.8. The summed E-state index contributed by atoms with van der Waals surface area (Å²) in [5.74, 6) is 0. The van der Waals surface area contributed by atoms with Crippen molar-refractivity contribution in [3.05, 3.63) is 64.7 Å². The highest BCUT2D eigenvalue weighted by Crippen LogP contribution is 2.23. The molecule has 0 aliphatic rings. The number of hydrogen-bond acceptors (Lipinski definition) is 4. The smallest absolute Gasteiger partial charge is 0.269 e.